The van der Waals surface area contributed by atoms with E-state index in [2.05, 4.69) is 33.5 Å². The molecule has 4 aliphatic heterocycles. The number of hydrogen-bond donors (Lipinski definition) is 3. The number of benzene rings is 2. The third-order valence-corrected chi connectivity index (χ3v) is 10.6. The lowest BCUT2D eigenvalue weighted by atomic mass is 9.76. The quantitative estimate of drug-likeness (QED) is 0.427. The van der Waals surface area contributed by atoms with Gasteiger partial charge in [-0.1, -0.05) is 48.0 Å². The van der Waals surface area contributed by atoms with E-state index in [1.54, 1.807) is 4.90 Å². The summed E-state index contributed by atoms with van der Waals surface area (Å²) < 4.78 is 6.27. The average Bonchev–Trinajstić information content (AvgIpc) is 3.71. The number of aliphatic hydroxyl groups is 1. The summed E-state index contributed by atoms with van der Waals surface area (Å²) in [6.45, 7) is 4.48. The van der Waals surface area contributed by atoms with Crippen LogP contribution < -0.4 is 5.32 Å². The van der Waals surface area contributed by atoms with Crippen LogP contribution >= 0.6 is 0 Å². The summed E-state index contributed by atoms with van der Waals surface area (Å²) in [5.74, 6) is -3.74. The van der Waals surface area contributed by atoms with Crippen molar-refractivity contribution in [1.82, 2.24) is 25.0 Å². The number of nitrogens with one attached hydrogen (secondary N) is 2. The summed E-state index contributed by atoms with van der Waals surface area (Å²) in [5, 5.41) is 16.2. The summed E-state index contributed by atoms with van der Waals surface area (Å²) in [4.78, 5) is 50.6. The van der Waals surface area contributed by atoms with Crippen molar-refractivity contribution >= 4 is 34.2 Å². The maximum atomic E-state index is 14.3. The standard InChI is InChI=1S/C34H37N5O5/c1-19-23(18-37(3)25-16-21-17-35-24-12-7-11-22(28(19)25)29(21)24)30(40)36-33(2)32(42)39-26(15-20-9-5-4-6-10-20)31(41)38-14-8-13-27(38)34(39,43)44-33/h4-7,9-12,17,23,25-27,35,43H,8,13-16,18H2,1-3H3,(H,36,40)/t23-,25+,26?,27-,33?,34?/m0/s1. The first-order chi connectivity index (χ1) is 21.1. The first kappa shape index (κ1) is 27.6. The zero-order valence-electron chi connectivity index (χ0n) is 25.2. The molecule has 0 saturated carbocycles. The van der Waals surface area contributed by atoms with Crippen LogP contribution in [0.3, 0.4) is 0 Å². The van der Waals surface area contributed by atoms with Gasteiger partial charge in [0, 0.05) is 42.7 Å². The zero-order valence-corrected chi connectivity index (χ0v) is 25.2. The van der Waals surface area contributed by atoms with E-state index in [-0.39, 0.29) is 24.3 Å². The lowest BCUT2D eigenvalue weighted by Gasteiger charge is -2.48. The smallest absolute Gasteiger partial charge is 0.280 e. The Morgan fingerprint density at radius 2 is 1.95 bits per heavy atom. The minimum absolute atomic E-state index is 0.140. The number of carbonyl (C=O) groups excluding carboxylic acids is 3. The topological polar surface area (TPSA) is 118 Å². The third-order valence-electron chi connectivity index (χ3n) is 10.6. The lowest BCUT2D eigenvalue weighted by molar-refractivity contribution is -0.315. The van der Waals surface area contributed by atoms with Gasteiger partial charge in [-0.3, -0.25) is 28.9 Å². The minimum Gasteiger partial charge on any atom is -0.361 e. The number of fused-ring (bicyclic) bond motifs is 5. The fourth-order valence-electron chi connectivity index (χ4n) is 8.50. The molecule has 10 heteroatoms. The molecule has 5 heterocycles. The molecule has 228 valence electrons. The van der Waals surface area contributed by atoms with E-state index in [4.69, 9.17) is 4.74 Å². The monoisotopic (exact) mass is 595 g/mol. The van der Waals surface area contributed by atoms with Gasteiger partial charge >= 0.3 is 0 Å². The number of piperazine rings is 1. The van der Waals surface area contributed by atoms with Crippen molar-refractivity contribution in [3.05, 3.63) is 77.0 Å². The molecule has 3 amide bonds. The second-order valence-corrected chi connectivity index (χ2v) is 13.2. The van der Waals surface area contributed by atoms with Crippen molar-refractivity contribution in [2.75, 3.05) is 20.1 Å². The molecule has 10 nitrogen and oxygen atoms in total. The highest BCUT2D eigenvalue weighted by atomic mass is 16.7. The van der Waals surface area contributed by atoms with Crippen molar-refractivity contribution in [1.29, 1.82) is 0 Å². The van der Waals surface area contributed by atoms with Gasteiger partial charge in [0.2, 0.25) is 17.5 Å². The lowest BCUT2D eigenvalue weighted by Crippen LogP contribution is -2.71. The number of rotatable bonds is 4. The van der Waals surface area contributed by atoms with E-state index in [9.17, 15) is 19.5 Å². The largest absolute Gasteiger partial charge is 0.361 e. The average molecular weight is 596 g/mol. The number of amides is 3. The number of hydrogen-bond acceptors (Lipinski definition) is 6. The van der Waals surface area contributed by atoms with Crippen molar-refractivity contribution in [2.45, 2.75) is 69.3 Å². The molecule has 6 atom stereocenters. The van der Waals surface area contributed by atoms with Gasteiger partial charge in [-0.25, -0.2) is 0 Å². The molecule has 3 aromatic rings. The van der Waals surface area contributed by atoms with E-state index in [1.165, 1.54) is 22.8 Å². The first-order valence-corrected chi connectivity index (χ1v) is 15.5. The van der Waals surface area contributed by atoms with Crippen molar-refractivity contribution in [3.8, 4) is 0 Å². The van der Waals surface area contributed by atoms with Crippen molar-refractivity contribution in [2.24, 2.45) is 5.92 Å². The Morgan fingerprint density at radius 3 is 2.75 bits per heavy atom. The summed E-state index contributed by atoms with van der Waals surface area (Å²) in [5.41, 5.74) is 4.61. The Kier molecular flexibility index (Phi) is 5.95. The molecule has 1 aromatic heterocycles. The van der Waals surface area contributed by atoms with Crippen LogP contribution in [0.5, 0.6) is 0 Å². The molecule has 0 bridgehead atoms. The predicted molar refractivity (Wildman–Crippen MR) is 163 cm³/mol. The van der Waals surface area contributed by atoms with Crippen LogP contribution in [0, 0.1) is 5.92 Å². The van der Waals surface area contributed by atoms with E-state index in [1.807, 2.05) is 50.4 Å². The number of likely N-dealkylation sites (N-methyl/N-ethyl adjacent to an activating group) is 1. The number of aromatic nitrogens is 1. The van der Waals surface area contributed by atoms with Gasteiger partial charge < -0.3 is 20.3 Å². The Labute approximate surface area is 255 Å². The highest BCUT2D eigenvalue weighted by Gasteiger charge is 2.70. The van der Waals surface area contributed by atoms with Gasteiger partial charge in [0.15, 0.2) is 0 Å². The fraction of sp³-hybridized carbons (Fsp3) is 0.441. The summed E-state index contributed by atoms with van der Waals surface area (Å²) >= 11 is 0. The van der Waals surface area contributed by atoms with E-state index < -0.39 is 35.5 Å². The Balaban J connectivity index is 1.13. The summed E-state index contributed by atoms with van der Waals surface area (Å²) in [7, 11) is 2.03. The minimum atomic E-state index is -2.05. The van der Waals surface area contributed by atoms with Gasteiger partial charge in [-0.15, -0.1) is 0 Å². The van der Waals surface area contributed by atoms with Crippen LogP contribution in [-0.2, 0) is 32.0 Å². The number of nitrogens with zero attached hydrogens (tertiary/aromatic N) is 3. The van der Waals surface area contributed by atoms with Gasteiger partial charge in [0.05, 0.1) is 5.92 Å². The molecule has 3 fully saturated rings. The first-order valence-electron chi connectivity index (χ1n) is 15.5. The van der Waals surface area contributed by atoms with Gasteiger partial charge in [-0.2, -0.15) is 0 Å². The van der Waals surface area contributed by atoms with Gasteiger partial charge in [0.1, 0.15) is 12.1 Å². The molecule has 44 heavy (non-hydrogen) atoms. The maximum absolute atomic E-state index is 14.3. The Hall–Kier alpha value is -3.99. The normalized spacial score (nSPS) is 33.1. The molecule has 3 unspecified atom stereocenters. The van der Waals surface area contributed by atoms with Crippen molar-refractivity contribution < 1.29 is 24.2 Å². The second-order valence-electron chi connectivity index (χ2n) is 13.2. The second kappa shape index (κ2) is 9.50. The fourth-order valence-corrected chi connectivity index (χ4v) is 8.50. The SMILES string of the molecule is CC1=C2c3cccc4[nH]cc(c34)C[C@H]2N(C)C[C@@H]1C(=O)NC1(C)OC2(O)[C@@H]3CCCN3C(=O)C(Cc3ccccc3)N2C1=O. The summed E-state index contributed by atoms with van der Waals surface area (Å²) in [6, 6.07) is 14.2. The molecule has 2 aromatic carbocycles. The predicted octanol–water partition coefficient (Wildman–Crippen LogP) is 2.38. The molecule has 0 radical (unpaired) electrons. The van der Waals surface area contributed by atoms with E-state index >= 15 is 0 Å². The molecule has 1 aliphatic carbocycles. The van der Waals surface area contributed by atoms with Crippen LogP contribution in [0.4, 0.5) is 0 Å². The highest BCUT2D eigenvalue weighted by molar-refractivity contribution is 6.01. The molecule has 3 saturated heterocycles. The van der Waals surface area contributed by atoms with Gasteiger partial charge in [0.25, 0.3) is 11.8 Å². The molecular weight excluding hydrogens is 558 g/mol. The number of H-pyrrole nitrogens is 1. The van der Waals surface area contributed by atoms with Crippen LogP contribution in [0.2, 0.25) is 0 Å². The molecule has 0 spiro atoms. The van der Waals surface area contributed by atoms with Gasteiger partial charge in [-0.05, 0) is 68.5 Å². The molecule has 3 N–H and O–H groups in total. The maximum Gasteiger partial charge on any atom is 0.280 e. The number of carbonyl (C=O) groups is 3. The van der Waals surface area contributed by atoms with Crippen LogP contribution in [-0.4, -0.2) is 92.4 Å². The number of aromatic amines is 1. The molecular formula is C34H37N5O5. The van der Waals surface area contributed by atoms with E-state index in [0.29, 0.717) is 25.9 Å². The highest BCUT2D eigenvalue weighted by Crippen LogP contribution is 2.47. The Morgan fingerprint density at radius 1 is 1.16 bits per heavy atom. The third kappa shape index (κ3) is 3.74. The van der Waals surface area contributed by atoms with Crippen LogP contribution in [0.1, 0.15) is 43.4 Å². The molecule has 5 aliphatic rings. The van der Waals surface area contributed by atoms with Crippen LogP contribution in [0.25, 0.3) is 16.5 Å². The van der Waals surface area contributed by atoms with E-state index in [0.717, 1.165) is 34.2 Å². The molecule has 8 rings (SSSR count). The zero-order chi connectivity index (χ0) is 30.5. The summed E-state index contributed by atoms with van der Waals surface area (Å²) in [6.07, 6.45) is 4.36. The Bertz CT molecular complexity index is 1750. The van der Waals surface area contributed by atoms with Crippen LogP contribution in [0.15, 0.2) is 60.3 Å². The van der Waals surface area contributed by atoms with Crippen molar-refractivity contribution in [3.63, 3.8) is 0 Å². The number of ether oxygens (including phenoxy) is 1.